The van der Waals surface area contributed by atoms with E-state index in [1.54, 1.807) is 20.8 Å². The number of nitrogens with zero attached hydrogens (tertiary/aromatic N) is 1. The van der Waals surface area contributed by atoms with E-state index in [2.05, 4.69) is 21.2 Å². The van der Waals surface area contributed by atoms with Gasteiger partial charge in [0.15, 0.2) is 0 Å². The first kappa shape index (κ1) is 12.2. The normalized spacial score (nSPS) is 22.7. The Morgan fingerprint density at radius 2 is 2.07 bits per heavy atom. The molecule has 6 heteroatoms. The first-order valence-electron chi connectivity index (χ1n) is 4.57. The van der Waals surface area contributed by atoms with Crippen molar-refractivity contribution < 1.29 is 14.4 Å². The summed E-state index contributed by atoms with van der Waals surface area (Å²) in [6, 6.07) is -0.605. The summed E-state index contributed by atoms with van der Waals surface area (Å²) in [5.74, 6) is -1.14. The molecular formula is C9H13BrN2O3. The zero-order valence-electron chi connectivity index (χ0n) is 8.83. The Hall–Kier alpha value is -0.910. The molecule has 1 heterocycles. The lowest BCUT2D eigenvalue weighted by Gasteiger charge is -2.35. The van der Waals surface area contributed by atoms with Crippen LogP contribution in [0.2, 0.25) is 0 Å². The maximum atomic E-state index is 11.9. The Bertz CT molecular complexity index is 322. The predicted octanol–water partition coefficient (Wildman–Crippen LogP) is 0.0334. The van der Waals surface area contributed by atoms with E-state index in [1.807, 2.05) is 0 Å². The fourth-order valence-corrected chi connectivity index (χ4v) is 1.53. The lowest BCUT2D eigenvalue weighted by molar-refractivity contribution is -0.150. The quantitative estimate of drug-likeness (QED) is 0.543. The van der Waals surface area contributed by atoms with Gasteiger partial charge in [0, 0.05) is 0 Å². The van der Waals surface area contributed by atoms with E-state index in [9.17, 15) is 14.4 Å². The lowest BCUT2D eigenvalue weighted by Crippen LogP contribution is -2.61. The van der Waals surface area contributed by atoms with Gasteiger partial charge >= 0.3 is 0 Å². The van der Waals surface area contributed by atoms with Gasteiger partial charge < -0.3 is 4.90 Å². The van der Waals surface area contributed by atoms with Gasteiger partial charge in [0.2, 0.25) is 17.7 Å². The molecule has 1 saturated heterocycles. The number of nitrogens with one attached hydrogen (secondary N) is 1. The van der Waals surface area contributed by atoms with Crippen LogP contribution in [0.3, 0.4) is 0 Å². The number of halogens is 1. The van der Waals surface area contributed by atoms with Gasteiger partial charge in [-0.15, -0.1) is 0 Å². The van der Waals surface area contributed by atoms with Crippen molar-refractivity contribution >= 4 is 33.7 Å². The Morgan fingerprint density at radius 3 is 2.53 bits per heavy atom. The SMILES string of the molecule is CC1C(=O)NC(=O)CN1C(=O)C(C)(C)Br. The van der Waals surface area contributed by atoms with Gasteiger partial charge in [0.25, 0.3) is 0 Å². The average Bonchev–Trinajstić information content (AvgIpc) is 2.08. The molecule has 84 valence electrons. The highest BCUT2D eigenvalue weighted by molar-refractivity contribution is 9.10. The van der Waals surface area contributed by atoms with Gasteiger partial charge in [-0.3, -0.25) is 19.7 Å². The monoisotopic (exact) mass is 276 g/mol. The first-order chi connectivity index (χ1) is 6.73. The number of alkyl halides is 1. The van der Waals surface area contributed by atoms with Crippen LogP contribution in [0.25, 0.3) is 0 Å². The fraction of sp³-hybridized carbons (Fsp3) is 0.667. The van der Waals surface area contributed by atoms with Gasteiger partial charge in [0.1, 0.15) is 12.6 Å². The average molecular weight is 277 g/mol. The molecule has 3 amide bonds. The van der Waals surface area contributed by atoms with Crippen molar-refractivity contribution in [3.8, 4) is 0 Å². The van der Waals surface area contributed by atoms with Gasteiger partial charge in [-0.25, -0.2) is 0 Å². The summed E-state index contributed by atoms with van der Waals surface area (Å²) in [7, 11) is 0. The number of carbonyl (C=O) groups excluding carboxylic acids is 3. The molecule has 0 aromatic rings. The van der Waals surface area contributed by atoms with Crippen molar-refractivity contribution in [2.45, 2.75) is 31.1 Å². The molecule has 1 aliphatic rings. The van der Waals surface area contributed by atoms with Crippen LogP contribution in [-0.2, 0) is 14.4 Å². The highest BCUT2D eigenvalue weighted by Gasteiger charge is 2.38. The molecule has 1 N–H and O–H groups in total. The number of hydrogen-bond donors (Lipinski definition) is 1. The predicted molar refractivity (Wildman–Crippen MR) is 57.3 cm³/mol. The molecular weight excluding hydrogens is 264 g/mol. The third-order valence-electron chi connectivity index (χ3n) is 2.19. The molecule has 15 heavy (non-hydrogen) atoms. The third-order valence-corrected chi connectivity index (χ3v) is 2.53. The van der Waals surface area contributed by atoms with E-state index >= 15 is 0 Å². The minimum Gasteiger partial charge on any atom is -0.320 e. The van der Waals surface area contributed by atoms with Crippen molar-refractivity contribution in [3.63, 3.8) is 0 Å². The number of piperazine rings is 1. The Balaban J connectivity index is 2.89. The zero-order chi connectivity index (χ0) is 11.8. The van der Waals surface area contributed by atoms with E-state index < -0.39 is 22.2 Å². The van der Waals surface area contributed by atoms with Gasteiger partial charge in [-0.05, 0) is 20.8 Å². The number of imide groups is 1. The topological polar surface area (TPSA) is 66.5 Å². The minimum atomic E-state index is -0.765. The van der Waals surface area contributed by atoms with Crippen LogP contribution in [0, 0.1) is 0 Å². The molecule has 1 unspecified atom stereocenters. The molecule has 0 spiro atoms. The van der Waals surface area contributed by atoms with Crippen molar-refractivity contribution in [3.05, 3.63) is 0 Å². The molecule has 1 fully saturated rings. The number of rotatable bonds is 1. The zero-order valence-corrected chi connectivity index (χ0v) is 10.4. The molecule has 1 rings (SSSR count). The van der Waals surface area contributed by atoms with E-state index in [4.69, 9.17) is 0 Å². The highest BCUT2D eigenvalue weighted by atomic mass is 79.9. The van der Waals surface area contributed by atoms with Crippen molar-refractivity contribution in [2.24, 2.45) is 0 Å². The highest BCUT2D eigenvalue weighted by Crippen LogP contribution is 2.21. The van der Waals surface area contributed by atoms with Gasteiger partial charge in [0.05, 0.1) is 4.32 Å². The molecule has 5 nitrogen and oxygen atoms in total. The first-order valence-corrected chi connectivity index (χ1v) is 5.36. The second-order valence-electron chi connectivity index (χ2n) is 3.99. The van der Waals surface area contributed by atoms with Crippen LogP contribution in [0.5, 0.6) is 0 Å². The van der Waals surface area contributed by atoms with E-state index in [1.165, 1.54) is 4.90 Å². The Labute approximate surface area is 96.3 Å². The standard InChI is InChI=1S/C9H13BrN2O3/c1-5-7(14)11-6(13)4-12(5)8(15)9(2,3)10/h5H,4H2,1-3H3,(H,11,13,14). The maximum absolute atomic E-state index is 11.9. The summed E-state index contributed by atoms with van der Waals surface area (Å²) in [6.07, 6.45) is 0. The second kappa shape index (κ2) is 3.92. The van der Waals surface area contributed by atoms with Crippen LogP contribution in [0.15, 0.2) is 0 Å². The maximum Gasteiger partial charge on any atom is 0.249 e. The number of carbonyl (C=O) groups is 3. The lowest BCUT2D eigenvalue weighted by atomic mass is 10.1. The third kappa shape index (κ3) is 2.56. The van der Waals surface area contributed by atoms with Crippen LogP contribution in [0.1, 0.15) is 20.8 Å². The Morgan fingerprint density at radius 1 is 1.53 bits per heavy atom. The summed E-state index contributed by atoms with van der Waals surface area (Å²) < 4.78 is -0.765. The number of amides is 3. The fourth-order valence-electron chi connectivity index (χ4n) is 1.30. The second-order valence-corrected chi connectivity index (χ2v) is 5.98. The van der Waals surface area contributed by atoms with Crippen LogP contribution >= 0.6 is 15.9 Å². The van der Waals surface area contributed by atoms with Gasteiger partial charge in [-0.2, -0.15) is 0 Å². The number of hydrogen-bond acceptors (Lipinski definition) is 3. The molecule has 0 aromatic heterocycles. The summed E-state index contributed by atoms with van der Waals surface area (Å²) in [6.45, 7) is 4.89. The van der Waals surface area contributed by atoms with E-state index in [0.717, 1.165) is 0 Å². The largest absolute Gasteiger partial charge is 0.320 e. The van der Waals surface area contributed by atoms with Crippen LogP contribution in [0.4, 0.5) is 0 Å². The van der Waals surface area contributed by atoms with Crippen LogP contribution < -0.4 is 5.32 Å². The molecule has 0 aromatic carbocycles. The van der Waals surface area contributed by atoms with Gasteiger partial charge in [-0.1, -0.05) is 15.9 Å². The van der Waals surface area contributed by atoms with E-state index in [0.29, 0.717) is 0 Å². The minimum absolute atomic E-state index is 0.0687. The van der Waals surface area contributed by atoms with Crippen molar-refractivity contribution in [1.29, 1.82) is 0 Å². The summed E-state index contributed by atoms with van der Waals surface area (Å²) in [4.78, 5) is 35.6. The molecule has 0 aliphatic carbocycles. The molecule has 1 aliphatic heterocycles. The molecule has 0 radical (unpaired) electrons. The molecule has 1 atom stereocenters. The smallest absolute Gasteiger partial charge is 0.249 e. The Kier molecular flexibility index (Phi) is 3.18. The molecule has 0 saturated carbocycles. The summed E-state index contributed by atoms with van der Waals surface area (Å²) in [5.41, 5.74) is 0. The van der Waals surface area contributed by atoms with Crippen molar-refractivity contribution in [1.82, 2.24) is 10.2 Å². The van der Waals surface area contributed by atoms with Crippen molar-refractivity contribution in [2.75, 3.05) is 6.54 Å². The summed E-state index contributed by atoms with van der Waals surface area (Å²) in [5, 5.41) is 2.18. The molecule has 0 bridgehead atoms. The summed E-state index contributed by atoms with van der Waals surface area (Å²) >= 11 is 3.21. The van der Waals surface area contributed by atoms with E-state index in [-0.39, 0.29) is 12.5 Å². The van der Waals surface area contributed by atoms with Crippen LogP contribution in [-0.4, -0.2) is 39.5 Å².